The highest BCUT2D eigenvalue weighted by Gasteiger charge is 2.05. The van der Waals surface area contributed by atoms with Crippen molar-refractivity contribution in [1.82, 2.24) is 9.97 Å². The molecule has 0 saturated carbocycles. The summed E-state index contributed by atoms with van der Waals surface area (Å²) in [5.41, 5.74) is 6.94. The summed E-state index contributed by atoms with van der Waals surface area (Å²) in [6.45, 7) is 0. The smallest absolute Gasteiger partial charge is 0.160 e. The molecule has 76 valence electrons. The van der Waals surface area contributed by atoms with E-state index < -0.39 is 0 Å². The Bertz CT molecular complexity index is 485. The second-order valence-corrected chi connectivity index (χ2v) is 4.25. The minimum absolute atomic E-state index is 0.545. The number of rotatable bonds is 1. The van der Waals surface area contributed by atoms with Gasteiger partial charge in [0.1, 0.15) is 0 Å². The summed E-state index contributed by atoms with van der Waals surface area (Å²) < 4.78 is 0.861. The molecule has 0 aliphatic heterocycles. The number of benzene rings is 1. The van der Waals surface area contributed by atoms with Crippen LogP contribution in [-0.4, -0.2) is 9.97 Å². The van der Waals surface area contributed by atoms with Crippen LogP contribution in [0.5, 0.6) is 0 Å². The lowest BCUT2D eigenvalue weighted by Crippen LogP contribution is -1.92. The molecule has 0 aliphatic rings. The van der Waals surface area contributed by atoms with Crippen molar-refractivity contribution >= 4 is 33.2 Å². The van der Waals surface area contributed by atoms with E-state index in [1.54, 1.807) is 24.5 Å². The fourth-order valence-corrected chi connectivity index (χ4v) is 2.01. The van der Waals surface area contributed by atoms with Crippen LogP contribution in [0, 0.1) is 0 Å². The quantitative estimate of drug-likeness (QED) is 0.875. The van der Waals surface area contributed by atoms with Crippen LogP contribution in [0.25, 0.3) is 11.4 Å². The zero-order valence-corrected chi connectivity index (χ0v) is 9.96. The molecule has 3 nitrogen and oxygen atoms in total. The third kappa shape index (κ3) is 2.27. The number of anilines is 1. The van der Waals surface area contributed by atoms with Gasteiger partial charge in [0.05, 0.1) is 18.1 Å². The number of halogens is 2. The summed E-state index contributed by atoms with van der Waals surface area (Å²) >= 11 is 9.25. The molecule has 5 heteroatoms. The normalized spacial score (nSPS) is 10.3. The summed E-state index contributed by atoms with van der Waals surface area (Å²) in [4.78, 5) is 8.26. The molecule has 0 aliphatic carbocycles. The van der Waals surface area contributed by atoms with Gasteiger partial charge in [-0.05, 0) is 34.1 Å². The zero-order valence-electron chi connectivity index (χ0n) is 7.61. The summed E-state index contributed by atoms with van der Waals surface area (Å²) in [7, 11) is 0. The third-order valence-corrected chi connectivity index (χ3v) is 2.74. The number of nitrogens with zero attached hydrogens (tertiary/aromatic N) is 2. The molecule has 0 fully saturated rings. The molecule has 1 aromatic carbocycles. The van der Waals surface area contributed by atoms with Gasteiger partial charge in [0.25, 0.3) is 0 Å². The van der Waals surface area contributed by atoms with E-state index in [9.17, 15) is 0 Å². The third-order valence-electron chi connectivity index (χ3n) is 1.84. The highest BCUT2D eigenvalue weighted by Crippen LogP contribution is 2.28. The predicted molar refractivity (Wildman–Crippen MR) is 64.6 cm³/mol. The highest BCUT2D eigenvalue weighted by molar-refractivity contribution is 9.10. The van der Waals surface area contributed by atoms with Gasteiger partial charge in [-0.1, -0.05) is 11.6 Å². The summed E-state index contributed by atoms with van der Waals surface area (Å²) in [6, 6.07) is 5.45. The summed E-state index contributed by atoms with van der Waals surface area (Å²) in [5.74, 6) is 0.618. The molecule has 2 N–H and O–H groups in total. The maximum Gasteiger partial charge on any atom is 0.160 e. The Morgan fingerprint density at radius 3 is 2.47 bits per heavy atom. The first-order chi connectivity index (χ1) is 7.16. The molecule has 0 atom stereocenters. The van der Waals surface area contributed by atoms with Crippen LogP contribution in [0.1, 0.15) is 0 Å². The van der Waals surface area contributed by atoms with Crippen LogP contribution in [0.4, 0.5) is 5.69 Å². The van der Waals surface area contributed by atoms with Gasteiger partial charge in [-0.15, -0.1) is 0 Å². The second kappa shape index (κ2) is 4.16. The topological polar surface area (TPSA) is 51.8 Å². The molecule has 2 rings (SSSR count). The first-order valence-electron chi connectivity index (χ1n) is 4.20. The number of nitrogens with two attached hydrogens (primary N) is 1. The molecular weight excluding hydrogens is 277 g/mol. The molecule has 1 aromatic heterocycles. The van der Waals surface area contributed by atoms with Crippen LogP contribution in [0.3, 0.4) is 0 Å². The van der Waals surface area contributed by atoms with E-state index in [1.165, 1.54) is 0 Å². The second-order valence-electron chi connectivity index (χ2n) is 2.96. The molecule has 1 heterocycles. The average molecular weight is 285 g/mol. The maximum absolute atomic E-state index is 5.84. The van der Waals surface area contributed by atoms with E-state index in [2.05, 4.69) is 25.9 Å². The molecule has 0 amide bonds. The fraction of sp³-hybridized carbons (Fsp3) is 0. The molecule has 0 spiro atoms. The van der Waals surface area contributed by atoms with Crippen LogP contribution in [0.15, 0.2) is 35.1 Å². The lowest BCUT2D eigenvalue weighted by atomic mass is 10.2. The number of nitrogen functional groups attached to an aromatic ring is 1. The van der Waals surface area contributed by atoms with Gasteiger partial charge >= 0.3 is 0 Å². The highest BCUT2D eigenvalue weighted by atomic mass is 79.9. The predicted octanol–water partition coefficient (Wildman–Crippen LogP) is 3.14. The van der Waals surface area contributed by atoms with Crippen molar-refractivity contribution in [2.75, 3.05) is 5.73 Å². The van der Waals surface area contributed by atoms with Crippen LogP contribution in [-0.2, 0) is 0 Å². The van der Waals surface area contributed by atoms with Crippen molar-refractivity contribution in [3.05, 3.63) is 40.1 Å². The largest absolute Gasteiger partial charge is 0.396 e. The molecule has 15 heavy (non-hydrogen) atoms. The van der Waals surface area contributed by atoms with E-state index >= 15 is 0 Å². The summed E-state index contributed by atoms with van der Waals surface area (Å²) in [6.07, 6.45) is 3.15. The van der Waals surface area contributed by atoms with Crippen molar-refractivity contribution in [1.29, 1.82) is 0 Å². The fourth-order valence-electron chi connectivity index (χ4n) is 1.15. The zero-order chi connectivity index (χ0) is 10.8. The Hall–Kier alpha value is -1.13. The van der Waals surface area contributed by atoms with Crippen molar-refractivity contribution in [2.45, 2.75) is 0 Å². The number of hydrogen-bond donors (Lipinski definition) is 1. The minimum atomic E-state index is 0.545. The Kier molecular flexibility index (Phi) is 2.88. The van der Waals surface area contributed by atoms with Gasteiger partial charge < -0.3 is 5.73 Å². The summed E-state index contributed by atoms with van der Waals surface area (Å²) in [5, 5.41) is 0.668. The van der Waals surface area contributed by atoms with E-state index in [4.69, 9.17) is 17.3 Å². The van der Waals surface area contributed by atoms with Crippen molar-refractivity contribution in [3.8, 4) is 11.4 Å². The van der Waals surface area contributed by atoms with Gasteiger partial charge in [0.2, 0.25) is 0 Å². The Morgan fingerprint density at radius 2 is 1.87 bits per heavy atom. The van der Waals surface area contributed by atoms with Crippen LogP contribution >= 0.6 is 27.5 Å². The van der Waals surface area contributed by atoms with Gasteiger partial charge in [-0.25, -0.2) is 9.97 Å². The Morgan fingerprint density at radius 1 is 1.20 bits per heavy atom. The van der Waals surface area contributed by atoms with Crippen molar-refractivity contribution in [3.63, 3.8) is 0 Å². The minimum Gasteiger partial charge on any atom is -0.396 e. The number of hydrogen-bond acceptors (Lipinski definition) is 3. The van der Waals surface area contributed by atoms with Crippen LogP contribution in [0.2, 0.25) is 5.02 Å². The van der Waals surface area contributed by atoms with Gasteiger partial charge in [-0.2, -0.15) is 0 Å². The van der Waals surface area contributed by atoms with E-state index in [0.29, 0.717) is 16.5 Å². The van der Waals surface area contributed by atoms with E-state index in [1.807, 2.05) is 6.07 Å². The van der Waals surface area contributed by atoms with Crippen molar-refractivity contribution < 1.29 is 0 Å². The lowest BCUT2D eigenvalue weighted by molar-refractivity contribution is 1.18. The molecule has 0 unspecified atom stereocenters. The Labute approximate surface area is 100 Å². The SMILES string of the molecule is Nc1cnc(-c2ccc(Cl)cc2Br)nc1. The first-order valence-corrected chi connectivity index (χ1v) is 5.37. The molecule has 0 saturated heterocycles. The monoisotopic (exact) mass is 283 g/mol. The number of aromatic nitrogens is 2. The Balaban J connectivity index is 2.49. The lowest BCUT2D eigenvalue weighted by Gasteiger charge is -2.03. The van der Waals surface area contributed by atoms with E-state index in [0.717, 1.165) is 10.0 Å². The van der Waals surface area contributed by atoms with Gasteiger partial charge in [-0.3, -0.25) is 0 Å². The van der Waals surface area contributed by atoms with Gasteiger partial charge in [0.15, 0.2) is 5.82 Å². The first kappa shape index (κ1) is 10.4. The standard InChI is InChI=1S/C10H7BrClN3/c11-9-3-6(12)1-2-8(9)10-14-4-7(13)5-15-10/h1-5H,13H2. The van der Waals surface area contributed by atoms with E-state index in [-0.39, 0.29) is 0 Å². The van der Waals surface area contributed by atoms with Crippen LogP contribution < -0.4 is 5.73 Å². The maximum atomic E-state index is 5.84. The molecule has 0 radical (unpaired) electrons. The molecule has 0 bridgehead atoms. The average Bonchev–Trinajstić information content (AvgIpc) is 2.20. The van der Waals surface area contributed by atoms with Gasteiger partial charge in [0, 0.05) is 15.1 Å². The molecular formula is C10H7BrClN3. The van der Waals surface area contributed by atoms with Crippen molar-refractivity contribution in [2.24, 2.45) is 0 Å². The molecule has 2 aromatic rings.